The summed E-state index contributed by atoms with van der Waals surface area (Å²) in [5.41, 5.74) is 0. The zero-order valence-corrected chi connectivity index (χ0v) is 13.5. The fourth-order valence-electron chi connectivity index (χ4n) is 2.66. The van der Waals surface area contributed by atoms with Gasteiger partial charge in [0.05, 0.1) is 11.6 Å². The normalized spacial score (nSPS) is 20.4. The molecule has 1 aliphatic rings. The Balaban J connectivity index is 1.69. The van der Waals surface area contributed by atoms with E-state index in [4.69, 9.17) is 4.74 Å². The Hall–Kier alpha value is -0.490. The van der Waals surface area contributed by atoms with Gasteiger partial charge < -0.3 is 15.0 Å². The third-order valence-electron chi connectivity index (χ3n) is 3.94. The first-order valence-corrected chi connectivity index (χ1v) is 8.48. The molecule has 1 fully saturated rings. The van der Waals surface area contributed by atoms with Crippen LogP contribution in [0.1, 0.15) is 36.1 Å². The molecule has 1 aromatic heterocycles. The monoisotopic (exact) mass is 297 g/mol. The lowest BCUT2D eigenvalue weighted by molar-refractivity contribution is 0.163. The van der Waals surface area contributed by atoms with E-state index >= 15 is 0 Å². The van der Waals surface area contributed by atoms with E-state index in [9.17, 15) is 0 Å². The summed E-state index contributed by atoms with van der Waals surface area (Å²) >= 11 is 1.84. The fourth-order valence-corrected chi connectivity index (χ4v) is 3.54. The SMILES string of the molecule is COCCNCc1cnc(CCN2CCCCC2C)s1. The third kappa shape index (κ3) is 5.13. The van der Waals surface area contributed by atoms with Crippen molar-refractivity contribution < 1.29 is 4.74 Å². The number of hydrogen-bond acceptors (Lipinski definition) is 5. The zero-order chi connectivity index (χ0) is 14.2. The summed E-state index contributed by atoms with van der Waals surface area (Å²) in [6.07, 6.45) is 7.21. The highest BCUT2D eigenvalue weighted by atomic mass is 32.1. The summed E-state index contributed by atoms with van der Waals surface area (Å²) in [5, 5.41) is 4.63. The summed E-state index contributed by atoms with van der Waals surface area (Å²) in [6.45, 7) is 7.34. The molecule has 2 rings (SSSR count). The van der Waals surface area contributed by atoms with Crippen molar-refractivity contribution >= 4 is 11.3 Å². The molecule has 1 aromatic rings. The number of nitrogens with one attached hydrogen (secondary N) is 1. The second-order valence-electron chi connectivity index (χ2n) is 5.52. The van der Waals surface area contributed by atoms with Gasteiger partial charge in [0.2, 0.25) is 0 Å². The summed E-state index contributed by atoms with van der Waals surface area (Å²) in [6, 6.07) is 0.749. The van der Waals surface area contributed by atoms with Crippen molar-refractivity contribution in [1.82, 2.24) is 15.2 Å². The van der Waals surface area contributed by atoms with Gasteiger partial charge in [-0.05, 0) is 26.3 Å². The maximum atomic E-state index is 5.02. The lowest BCUT2D eigenvalue weighted by Gasteiger charge is -2.32. The Labute approximate surface area is 126 Å². The molecule has 1 aliphatic heterocycles. The van der Waals surface area contributed by atoms with Crippen molar-refractivity contribution in [3.63, 3.8) is 0 Å². The van der Waals surface area contributed by atoms with E-state index in [1.54, 1.807) is 7.11 Å². The summed E-state index contributed by atoms with van der Waals surface area (Å²) in [5.74, 6) is 0. The van der Waals surface area contributed by atoms with Crippen molar-refractivity contribution in [1.29, 1.82) is 0 Å². The molecule has 0 saturated carbocycles. The van der Waals surface area contributed by atoms with Gasteiger partial charge in [0, 0.05) is 50.3 Å². The third-order valence-corrected chi connectivity index (χ3v) is 4.99. The number of ether oxygens (including phenoxy) is 1. The largest absolute Gasteiger partial charge is 0.383 e. The van der Waals surface area contributed by atoms with Crippen LogP contribution in [0.4, 0.5) is 0 Å². The van der Waals surface area contributed by atoms with Crippen LogP contribution in [0.2, 0.25) is 0 Å². The highest BCUT2D eigenvalue weighted by Gasteiger charge is 2.17. The molecule has 4 nitrogen and oxygen atoms in total. The molecule has 1 saturated heterocycles. The first-order valence-electron chi connectivity index (χ1n) is 7.67. The first-order chi connectivity index (χ1) is 9.79. The van der Waals surface area contributed by atoms with Crippen molar-refractivity contribution in [2.45, 2.75) is 45.2 Å². The molecule has 0 aliphatic carbocycles. The van der Waals surface area contributed by atoms with Crippen molar-refractivity contribution in [2.75, 3.05) is 33.4 Å². The minimum Gasteiger partial charge on any atom is -0.383 e. The van der Waals surface area contributed by atoms with Gasteiger partial charge in [0.15, 0.2) is 0 Å². The van der Waals surface area contributed by atoms with Crippen molar-refractivity contribution in [3.8, 4) is 0 Å². The Morgan fingerprint density at radius 2 is 2.40 bits per heavy atom. The highest BCUT2D eigenvalue weighted by Crippen LogP contribution is 2.18. The summed E-state index contributed by atoms with van der Waals surface area (Å²) in [7, 11) is 1.73. The van der Waals surface area contributed by atoms with Crippen LogP contribution in [0.15, 0.2) is 6.20 Å². The van der Waals surface area contributed by atoms with Gasteiger partial charge in [0.25, 0.3) is 0 Å². The Kier molecular flexibility index (Phi) is 6.93. The van der Waals surface area contributed by atoms with Gasteiger partial charge in [-0.1, -0.05) is 6.42 Å². The number of aromatic nitrogens is 1. The first kappa shape index (κ1) is 15.9. The molecular weight excluding hydrogens is 270 g/mol. The van der Waals surface area contributed by atoms with E-state index in [2.05, 4.69) is 22.1 Å². The summed E-state index contributed by atoms with van der Waals surface area (Å²) in [4.78, 5) is 8.48. The second kappa shape index (κ2) is 8.72. The van der Waals surface area contributed by atoms with E-state index in [1.165, 1.54) is 35.7 Å². The minimum absolute atomic E-state index is 0.749. The number of rotatable bonds is 8. The van der Waals surface area contributed by atoms with Crippen molar-refractivity contribution in [3.05, 3.63) is 16.1 Å². The predicted molar refractivity (Wildman–Crippen MR) is 84.3 cm³/mol. The molecular formula is C15H27N3OS. The molecule has 0 radical (unpaired) electrons. The van der Waals surface area contributed by atoms with E-state index in [0.717, 1.165) is 38.7 Å². The number of likely N-dealkylation sites (tertiary alicyclic amines) is 1. The quantitative estimate of drug-likeness (QED) is 0.747. The van der Waals surface area contributed by atoms with E-state index in [0.29, 0.717) is 0 Å². The number of piperidine rings is 1. The minimum atomic E-state index is 0.749. The lowest BCUT2D eigenvalue weighted by atomic mass is 10.0. The molecule has 0 amide bonds. The van der Waals surface area contributed by atoms with Crippen LogP contribution in [-0.4, -0.2) is 49.3 Å². The van der Waals surface area contributed by atoms with Gasteiger partial charge in [-0.25, -0.2) is 4.98 Å². The number of nitrogens with zero attached hydrogens (tertiary/aromatic N) is 2. The molecule has 0 aromatic carbocycles. The number of thiazole rings is 1. The van der Waals surface area contributed by atoms with Gasteiger partial charge >= 0.3 is 0 Å². The van der Waals surface area contributed by atoms with Gasteiger partial charge in [-0.2, -0.15) is 0 Å². The Morgan fingerprint density at radius 3 is 3.20 bits per heavy atom. The standard InChI is InChI=1S/C15H27N3OS/c1-13-5-3-4-8-18(13)9-6-15-17-12-14(20-15)11-16-7-10-19-2/h12-13,16H,3-11H2,1-2H3. The highest BCUT2D eigenvalue weighted by molar-refractivity contribution is 7.11. The van der Waals surface area contributed by atoms with Gasteiger partial charge in [-0.3, -0.25) is 0 Å². The van der Waals surface area contributed by atoms with Gasteiger partial charge in [0.1, 0.15) is 0 Å². The fraction of sp³-hybridized carbons (Fsp3) is 0.800. The maximum absolute atomic E-state index is 5.02. The lowest BCUT2D eigenvalue weighted by Crippen LogP contribution is -2.38. The van der Waals surface area contributed by atoms with Crippen molar-refractivity contribution in [2.24, 2.45) is 0 Å². The van der Waals surface area contributed by atoms with Crippen LogP contribution < -0.4 is 5.32 Å². The molecule has 1 atom stereocenters. The van der Waals surface area contributed by atoms with E-state index in [1.807, 2.05) is 17.5 Å². The van der Waals surface area contributed by atoms with Crippen LogP contribution in [0, 0.1) is 0 Å². The average molecular weight is 297 g/mol. The molecule has 2 heterocycles. The molecule has 0 spiro atoms. The summed E-state index contributed by atoms with van der Waals surface area (Å²) < 4.78 is 5.02. The van der Waals surface area contributed by atoms with Crippen LogP contribution in [-0.2, 0) is 17.7 Å². The second-order valence-corrected chi connectivity index (χ2v) is 6.72. The van der Waals surface area contributed by atoms with Crippen LogP contribution in [0.25, 0.3) is 0 Å². The molecule has 5 heteroatoms. The van der Waals surface area contributed by atoms with Gasteiger partial charge in [-0.15, -0.1) is 11.3 Å². The van der Waals surface area contributed by atoms with Crippen LogP contribution in [0.3, 0.4) is 0 Å². The molecule has 0 bridgehead atoms. The topological polar surface area (TPSA) is 37.4 Å². The Morgan fingerprint density at radius 1 is 1.50 bits per heavy atom. The van der Waals surface area contributed by atoms with Crippen LogP contribution >= 0.6 is 11.3 Å². The smallest absolute Gasteiger partial charge is 0.0940 e. The molecule has 1 unspecified atom stereocenters. The number of methoxy groups -OCH3 is 1. The van der Waals surface area contributed by atoms with E-state index < -0.39 is 0 Å². The number of hydrogen-bond donors (Lipinski definition) is 1. The average Bonchev–Trinajstić information content (AvgIpc) is 2.91. The molecule has 1 N–H and O–H groups in total. The van der Waals surface area contributed by atoms with E-state index in [-0.39, 0.29) is 0 Å². The van der Waals surface area contributed by atoms with Crippen LogP contribution in [0.5, 0.6) is 0 Å². The molecule has 114 valence electrons. The molecule has 20 heavy (non-hydrogen) atoms. The maximum Gasteiger partial charge on any atom is 0.0940 e. The Bertz CT molecular complexity index is 383. The zero-order valence-electron chi connectivity index (χ0n) is 12.7. The predicted octanol–water partition coefficient (Wildman–Crippen LogP) is 2.30.